The highest BCUT2D eigenvalue weighted by Gasteiger charge is 2.42. The molecule has 1 aliphatic rings. The lowest BCUT2D eigenvalue weighted by atomic mass is 9.96. The molecule has 0 spiro atoms. The summed E-state index contributed by atoms with van der Waals surface area (Å²) in [6.07, 6.45) is 1.81. The Balaban J connectivity index is 1.63. The van der Waals surface area contributed by atoms with Gasteiger partial charge in [-0.05, 0) is 105 Å². The summed E-state index contributed by atoms with van der Waals surface area (Å²) in [5.41, 5.74) is 9.32. The maximum Gasteiger partial charge on any atom is 0.226 e. The maximum atomic E-state index is 12.3. The van der Waals surface area contributed by atoms with Crippen molar-refractivity contribution in [3.8, 4) is 5.69 Å². The van der Waals surface area contributed by atoms with Crippen molar-refractivity contribution in [2.75, 3.05) is 10.2 Å². The van der Waals surface area contributed by atoms with Crippen LogP contribution in [0.3, 0.4) is 0 Å². The Morgan fingerprint density at radius 1 is 1.00 bits per heavy atom. The molecular formula is C32H34ClN5OS. The van der Waals surface area contributed by atoms with E-state index in [2.05, 4.69) is 72.1 Å². The van der Waals surface area contributed by atoms with Gasteiger partial charge in [-0.1, -0.05) is 37.6 Å². The number of hydrogen-bond acceptors (Lipinski definition) is 3. The lowest BCUT2D eigenvalue weighted by molar-refractivity contribution is -0.118. The molecule has 2 atom stereocenters. The van der Waals surface area contributed by atoms with Gasteiger partial charge in [0.1, 0.15) is 0 Å². The molecule has 1 amide bonds. The van der Waals surface area contributed by atoms with E-state index in [1.54, 1.807) is 0 Å². The van der Waals surface area contributed by atoms with Crippen molar-refractivity contribution in [1.82, 2.24) is 14.9 Å². The molecule has 5 rings (SSSR count). The summed E-state index contributed by atoms with van der Waals surface area (Å²) in [5.74, 6) is -0.234. The number of nitrogens with zero attached hydrogens (tertiary/aromatic N) is 3. The van der Waals surface area contributed by atoms with Gasteiger partial charge in [0.05, 0.1) is 28.5 Å². The Morgan fingerprint density at radius 3 is 2.35 bits per heavy atom. The zero-order valence-corrected chi connectivity index (χ0v) is 25.2. The van der Waals surface area contributed by atoms with Crippen LogP contribution in [0.2, 0.25) is 5.02 Å². The second-order valence-electron chi connectivity index (χ2n) is 10.8. The molecule has 0 saturated carbocycles. The third-order valence-corrected chi connectivity index (χ3v) is 7.99. The molecule has 206 valence electrons. The molecule has 1 aliphatic heterocycles. The number of aromatic nitrogens is 2. The number of anilines is 2. The zero-order chi connectivity index (χ0) is 28.7. The van der Waals surface area contributed by atoms with E-state index in [1.807, 2.05) is 56.4 Å². The summed E-state index contributed by atoms with van der Waals surface area (Å²) in [5, 5.41) is 7.49. The Kier molecular flexibility index (Phi) is 7.71. The van der Waals surface area contributed by atoms with Crippen LogP contribution in [0.15, 0.2) is 66.9 Å². The SMILES string of the molecule is Cc1cc(C)cc(-n2c(C)cc(C3C(c4ccccn4)NC(=S)N3c3ccc(NC(=O)C(C)C)c(Cl)c3)c2C)c1. The average molecular weight is 572 g/mol. The number of carbonyl (C=O) groups is 1. The lowest BCUT2D eigenvalue weighted by Crippen LogP contribution is -2.29. The number of nitrogens with one attached hydrogen (secondary N) is 2. The highest BCUT2D eigenvalue weighted by Crippen LogP contribution is 2.44. The van der Waals surface area contributed by atoms with Crippen LogP contribution in [-0.4, -0.2) is 20.6 Å². The summed E-state index contributed by atoms with van der Waals surface area (Å²) >= 11 is 12.6. The lowest BCUT2D eigenvalue weighted by Gasteiger charge is -2.28. The molecule has 3 heterocycles. The van der Waals surface area contributed by atoms with Crippen molar-refractivity contribution in [3.63, 3.8) is 0 Å². The van der Waals surface area contributed by atoms with E-state index < -0.39 is 0 Å². The van der Waals surface area contributed by atoms with Gasteiger partial charge in [-0.3, -0.25) is 9.78 Å². The first-order valence-corrected chi connectivity index (χ1v) is 14.2. The largest absolute Gasteiger partial charge is 0.351 e. The van der Waals surface area contributed by atoms with Gasteiger partial charge >= 0.3 is 0 Å². The second-order valence-corrected chi connectivity index (χ2v) is 11.6. The molecule has 1 fully saturated rings. The molecule has 0 radical (unpaired) electrons. The van der Waals surface area contributed by atoms with E-state index in [0.717, 1.165) is 34.0 Å². The van der Waals surface area contributed by atoms with E-state index in [0.29, 0.717) is 15.8 Å². The summed E-state index contributed by atoms with van der Waals surface area (Å²) < 4.78 is 2.31. The number of aryl methyl sites for hydroxylation is 3. The summed E-state index contributed by atoms with van der Waals surface area (Å²) in [7, 11) is 0. The normalized spacial score (nSPS) is 16.9. The quantitative estimate of drug-likeness (QED) is 0.234. The van der Waals surface area contributed by atoms with Gasteiger partial charge in [0.2, 0.25) is 5.91 Å². The topological polar surface area (TPSA) is 62.2 Å². The van der Waals surface area contributed by atoms with Crippen molar-refractivity contribution in [1.29, 1.82) is 0 Å². The van der Waals surface area contributed by atoms with Crippen LogP contribution in [0.4, 0.5) is 11.4 Å². The van der Waals surface area contributed by atoms with E-state index in [9.17, 15) is 4.79 Å². The minimum Gasteiger partial charge on any atom is -0.351 e. The molecule has 2 aromatic carbocycles. The molecule has 2 aromatic heterocycles. The minimum atomic E-state index is -0.180. The smallest absolute Gasteiger partial charge is 0.226 e. The van der Waals surface area contributed by atoms with Crippen molar-refractivity contribution < 1.29 is 4.79 Å². The van der Waals surface area contributed by atoms with E-state index >= 15 is 0 Å². The Hall–Kier alpha value is -3.68. The monoisotopic (exact) mass is 571 g/mol. The summed E-state index contributed by atoms with van der Waals surface area (Å²) in [6, 6.07) is 20.1. The van der Waals surface area contributed by atoms with Crippen LogP contribution in [0.5, 0.6) is 0 Å². The first-order valence-electron chi connectivity index (χ1n) is 13.4. The first-order chi connectivity index (χ1) is 19.0. The molecule has 8 heteroatoms. The number of rotatable bonds is 6. The third-order valence-electron chi connectivity index (χ3n) is 7.36. The Morgan fingerprint density at radius 2 is 1.73 bits per heavy atom. The highest BCUT2D eigenvalue weighted by atomic mass is 35.5. The van der Waals surface area contributed by atoms with Gasteiger partial charge in [-0.25, -0.2) is 0 Å². The van der Waals surface area contributed by atoms with Gasteiger partial charge in [-0.15, -0.1) is 0 Å². The molecule has 1 saturated heterocycles. The molecule has 6 nitrogen and oxygen atoms in total. The fourth-order valence-corrected chi connectivity index (χ4v) is 6.11. The van der Waals surface area contributed by atoms with Crippen LogP contribution in [-0.2, 0) is 4.79 Å². The maximum absolute atomic E-state index is 12.3. The molecule has 2 unspecified atom stereocenters. The number of hydrogen-bond donors (Lipinski definition) is 2. The molecule has 40 heavy (non-hydrogen) atoms. The molecule has 4 aromatic rings. The van der Waals surface area contributed by atoms with E-state index in [1.165, 1.54) is 11.1 Å². The number of halogens is 1. The van der Waals surface area contributed by atoms with Crippen molar-refractivity contribution in [2.45, 2.75) is 53.6 Å². The number of thiocarbonyl (C=S) groups is 1. The number of carbonyl (C=O) groups excluding carboxylic acids is 1. The molecular weight excluding hydrogens is 538 g/mol. The average Bonchev–Trinajstić information content (AvgIpc) is 3.39. The van der Waals surface area contributed by atoms with Crippen molar-refractivity contribution in [2.24, 2.45) is 5.92 Å². The van der Waals surface area contributed by atoms with Crippen LogP contribution in [0.1, 0.15) is 59.7 Å². The summed E-state index contributed by atoms with van der Waals surface area (Å²) in [6.45, 7) is 12.2. The van der Waals surface area contributed by atoms with Gasteiger partial charge < -0.3 is 20.1 Å². The number of benzene rings is 2. The first kappa shape index (κ1) is 27.9. The van der Waals surface area contributed by atoms with E-state index in [-0.39, 0.29) is 23.9 Å². The minimum absolute atomic E-state index is 0.0834. The van der Waals surface area contributed by atoms with Crippen LogP contribution in [0, 0.1) is 33.6 Å². The Labute approximate surface area is 246 Å². The molecule has 2 N–H and O–H groups in total. The number of amides is 1. The third kappa shape index (κ3) is 5.23. The standard InChI is InChI=1S/C32H34ClN5OS/c1-18(2)31(39)35-27-11-10-23(17-26(27)33)38-30(29(36-32(38)40)28-9-7-8-12-34-28)25-16-21(5)37(22(25)6)24-14-19(3)13-20(4)15-24/h7-18,29-30H,1-6H3,(H,35,39)(H,36,40). The van der Waals surface area contributed by atoms with Crippen LogP contribution < -0.4 is 15.5 Å². The fourth-order valence-electron chi connectivity index (χ4n) is 5.55. The summed E-state index contributed by atoms with van der Waals surface area (Å²) in [4.78, 5) is 19.1. The van der Waals surface area contributed by atoms with Gasteiger partial charge in [0, 0.05) is 34.9 Å². The highest BCUT2D eigenvalue weighted by molar-refractivity contribution is 7.80. The second kappa shape index (κ2) is 11.1. The van der Waals surface area contributed by atoms with Crippen LogP contribution in [0.25, 0.3) is 5.69 Å². The zero-order valence-electron chi connectivity index (χ0n) is 23.6. The van der Waals surface area contributed by atoms with Crippen LogP contribution >= 0.6 is 23.8 Å². The van der Waals surface area contributed by atoms with E-state index in [4.69, 9.17) is 28.8 Å². The van der Waals surface area contributed by atoms with Crippen molar-refractivity contribution in [3.05, 3.63) is 106 Å². The molecule has 0 bridgehead atoms. The molecule has 0 aliphatic carbocycles. The fraction of sp³-hybridized carbons (Fsp3) is 0.281. The van der Waals surface area contributed by atoms with Gasteiger partial charge in [-0.2, -0.15) is 0 Å². The van der Waals surface area contributed by atoms with Gasteiger partial charge in [0.15, 0.2) is 5.11 Å². The Bertz CT molecular complexity index is 1580. The van der Waals surface area contributed by atoms with Gasteiger partial charge in [0.25, 0.3) is 0 Å². The predicted molar refractivity (Wildman–Crippen MR) is 168 cm³/mol. The predicted octanol–water partition coefficient (Wildman–Crippen LogP) is 7.53. The number of pyridine rings is 1. The van der Waals surface area contributed by atoms with Crippen molar-refractivity contribution >= 4 is 46.2 Å².